The second-order valence-electron chi connectivity index (χ2n) is 7.54. The van der Waals surface area contributed by atoms with Crippen LogP contribution in [0.3, 0.4) is 0 Å². The van der Waals surface area contributed by atoms with Crippen molar-refractivity contribution in [1.82, 2.24) is 5.32 Å². The van der Waals surface area contributed by atoms with Gasteiger partial charge in [-0.1, -0.05) is 45.8 Å². The van der Waals surface area contributed by atoms with Crippen molar-refractivity contribution in [3.05, 3.63) is 81.8 Å². The molecule has 174 valence electrons. The third kappa shape index (κ3) is 7.23. The Bertz CT molecular complexity index is 1050. The maximum Gasteiger partial charge on any atom is 0.262 e. The molecule has 0 spiro atoms. The zero-order valence-electron chi connectivity index (χ0n) is 19.1. The number of ether oxygens (including phenoxy) is 3. The van der Waals surface area contributed by atoms with E-state index in [9.17, 15) is 4.79 Å². The highest BCUT2D eigenvalue weighted by Crippen LogP contribution is 2.36. The first-order chi connectivity index (χ1) is 16.0. The largest absolute Gasteiger partial charge is 0.497 e. The van der Waals surface area contributed by atoms with Gasteiger partial charge >= 0.3 is 0 Å². The quantitative estimate of drug-likeness (QED) is 0.348. The minimum absolute atomic E-state index is 0.125. The highest BCUT2D eigenvalue weighted by Gasteiger charge is 2.16. The van der Waals surface area contributed by atoms with Gasteiger partial charge in [-0.15, -0.1) is 0 Å². The number of hydrogen-bond donors (Lipinski definition) is 2. The highest BCUT2D eigenvalue weighted by atomic mass is 79.9. The number of hydrogen-bond acceptors (Lipinski definition) is 5. The Morgan fingerprint density at radius 2 is 1.67 bits per heavy atom. The van der Waals surface area contributed by atoms with Crippen LogP contribution in [0.15, 0.2) is 65.1 Å². The predicted octanol–water partition coefficient (Wildman–Crippen LogP) is 5.12. The standard InChI is InChI=1S/C26H29BrN2O4/c1-18-4-8-20(9-5-18)29-25(30)17-33-26-22(23(27)12-13-24(26)32-3)16-28-15-14-19-6-10-21(31-2)11-7-19/h4-13,28H,14-17H2,1-3H3,(H,29,30). The third-order valence-electron chi connectivity index (χ3n) is 5.12. The van der Waals surface area contributed by atoms with E-state index in [0.29, 0.717) is 18.0 Å². The van der Waals surface area contributed by atoms with Crippen LogP contribution in [0.2, 0.25) is 0 Å². The first-order valence-electron chi connectivity index (χ1n) is 10.7. The summed E-state index contributed by atoms with van der Waals surface area (Å²) in [6, 6.07) is 19.4. The number of carbonyl (C=O) groups excluding carboxylic acids is 1. The average Bonchev–Trinajstić information content (AvgIpc) is 2.83. The van der Waals surface area contributed by atoms with Crippen LogP contribution in [0.4, 0.5) is 5.69 Å². The van der Waals surface area contributed by atoms with E-state index in [-0.39, 0.29) is 12.5 Å². The second kappa shape index (κ2) is 12.3. The summed E-state index contributed by atoms with van der Waals surface area (Å²) in [6.45, 7) is 3.21. The molecule has 0 radical (unpaired) electrons. The van der Waals surface area contributed by atoms with Gasteiger partial charge in [-0.05, 0) is 61.9 Å². The highest BCUT2D eigenvalue weighted by molar-refractivity contribution is 9.10. The summed E-state index contributed by atoms with van der Waals surface area (Å²) in [6.07, 6.45) is 0.876. The van der Waals surface area contributed by atoms with E-state index < -0.39 is 0 Å². The number of methoxy groups -OCH3 is 2. The van der Waals surface area contributed by atoms with Crippen LogP contribution in [0.1, 0.15) is 16.7 Å². The average molecular weight is 513 g/mol. The summed E-state index contributed by atoms with van der Waals surface area (Å²) in [7, 11) is 3.25. The molecule has 0 fully saturated rings. The molecular formula is C26H29BrN2O4. The van der Waals surface area contributed by atoms with E-state index in [0.717, 1.165) is 40.0 Å². The molecule has 0 unspecified atom stereocenters. The number of rotatable bonds is 11. The van der Waals surface area contributed by atoms with Crippen LogP contribution >= 0.6 is 15.9 Å². The van der Waals surface area contributed by atoms with Gasteiger partial charge in [-0.3, -0.25) is 4.79 Å². The van der Waals surface area contributed by atoms with Gasteiger partial charge in [-0.2, -0.15) is 0 Å². The van der Waals surface area contributed by atoms with Crippen molar-refractivity contribution in [2.75, 3.05) is 32.7 Å². The first-order valence-corrected chi connectivity index (χ1v) is 11.5. The van der Waals surface area contributed by atoms with Crippen LogP contribution in [-0.4, -0.2) is 33.3 Å². The molecule has 2 N–H and O–H groups in total. The van der Waals surface area contributed by atoms with Crippen LogP contribution in [0, 0.1) is 6.92 Å². The Morgan fingerprint density at radius 3 is 2.33 bits per heavy atom. The number of benzene rings is 3. The van der Waals surface area contributed by atoms with Gasteiger partial charge in [0.15, 0.2) is 18.1 Å². The maximum absolute atomic E-state index is 12.4. The minimum atomic E-state index is -0.237. The third-order valence-corrected chi connectivity index (χ3v) is 5.86. The fourth-order valence-electron chi connectivity index (χ4n) is 3.28. The molecule has 0 saturated heterocycles. The van der Waals surface area contributed by atoms with Crippen molar-refractivity contribution >= 4 is 27.5 Å². The van der Waals surface area contributed by atoms with E-state index in [1.807, 2.05) is 55.5 Å². The molecule has 0 aliphatic rings. The number of carbonyl (C=O) groups is 1. The van der Waals surface area contributed by atoms with Gasteiger partial charge in [0, 0.05) is 22.3 Å². The topological polar surface area (TPSA) is 68.8 Å². The van der Waals surface area contributed by atoms with Crippen molar-refractivity contribution in [1.29, 1.82) is 0 Å². The van der Waals surface area contributed by atoms with Crippen molar-refractivity contribution in [2.45, 2.75) is 19.9 Å². The Balaban J connectivity index is 1.60. The summed E-state index contributed by atoms with van der Waals surface area (Å²) >= 11 is 3.60. The Morgan fingerprint density at radius 1 is 0.939 bits per heavy atom. The van der Waals surface area contributed by atoms with Crippen molar-refractivity contribution in [2.24, 2.45) is 0 Å². The van der Waals surface area contributed by atoms with Crippen molar-refractivity contribution in [3.8, 4) is 17.2 Å². The van der Waals surface area contributed by atoms with E-state index >= 15 is 0 Å². The molecule has 3 aromatic carbocycles. The van der Waals surface area contributed by atoms with Gasteiger partial charge in [-0.25, -0.2) is 0 Å². The molecule has 0 atom stereocenters. The lowest BCUT2D eigenvalue weighted by molar-refractivity contribution is -0.118. The molecule has 0 aliphatic carbocycles. The van der Waals surface area contributed by atoms with E-state index in [1.54, 1.807) is 14.2 Å². The molecule has 6 nitrogen and oxygen atoms in total. The summed E-state index contributed by atoms with van der Waals surface area (Å²) in [5.41, 5.74) is 3.98. The van der Waals surface area contributed by atoms with Crippen molar-refractivity contribution < 1.29 is 19.0 Å². The van der Waals surface area contributed by atoms with Crippen LogP contribution in [0.5, 0.6) is 17.2 Å². The zero-order valence-corrected chi connectivity index (χ0v) is 20.7. The summed E-state index contributed by atoms with van der Waals surface area (Å²) in [4.78, 5) is 12.4. The molecule has 3 aromatic rings. The minimum Gasteiger partial charge on any atom is -0.497 e. The summed E-state index contributed by atoms with van der Waals surface area (Å²) in [5.74, 6) is 1.73. The molecule has 0 aliphatic heterocycles. The molecule has 33 heavy (non-hydrogen) atoms. The number of anilines is 1. The fraction of sp³-hybridized carbons (Fsp3) is 0.269. The smallest absolute Gasteiger partial charge is 0.262 e. The molecule has 0 heterocycles. The van der Waals surface area contributed by atoms with Crippen LogP contribution in [0.25, 0.3) is 0 Å². The lowest BCUT2D eigenvalue weighted by Gasteiger charge is -2.17. The SMILES string of the molecule is COc1ccc(CCNCc2c(Br)ccc(OC)c2OCC(=O)Nc2ccc(C)cc2)cc1. The maximum atomic E-state index is 12.4. The molecule has 0 bridgehead atoms. The van der Waals surface area contributed by atoms with Gasteiger partial charge in [0.2, 0.25) is 0 Å². The zero-order chi connectivity index (χ0) is 23.6. The Hall–Kier alpha value is -3.03. The Labute approximate surface area is 203 Å². The van der Waals surface area contributed by atoms with Gasteiger partial charge < -0.3 is 24.8 Å². The predicted molar refractivity (Wildman–Crippen MR) is 134 cm³/mol. The van der Waals surface area contributed by atoms with Crippen molar-refractivity contribution in [3.63, 3.8) is 0 Å². The molecule has 0 saturated carbocycles. The molecule has 7 heteroatoms. The van der Waals surface area contributed by atoms with Gasteiger partial charge in [0.05, 0.1) is 14.2 Å². The van der Waals surface area contributed by atoms with E-state index in [4.69, 9.17) is 14.2 Å². The van der Waals surface area contributed by atoms with Crippen LogP contribution in [-0.2, 0) is 17.8 Å². The molecule has 0 aromatic heterocycles. The van der Waals surface area contributed by atoms with E-state index in [2.05, 4.69) is 38.7 Å². The van der Waals surface area contributed by atoms with E-state index in [1.165, 1.54) is 5.56 Å². The monoisotopic (exact) mass is 512 g/mol. The summed E-state index contributed by atoms with van der Waals surface area (Å²) in [5, 5.41) is 6.30. The molecular weight excluding hydrogens is 484 g/mol. The van der Waals surface area contributed by atoms with Crippen LogP contribution < -0.4 is 24.8 Å². The normalized spacial score (nSPS) is 10.5. The molecule has 1 amide bonds. The first kappa shape index (κ1) is 24.6. The molecule has 3 rings (SSSR count). The lowest BCUT2D eigenvalue weighted by atomic mass is 10.1. The lowest BCUT2D eigenvalue weighted by Crippen LogP contribution is -2.22. The summed E-state index contributed by atoms with van der Waals surface area (Å²) < 4.78 is 17.5. The number of aryl methyl sites for hydroxylation is 1. The number of halogens is 1. The number of nitrogens with one attached hydrogen (secondary N) is 2. The van der Waals surface area contributed by atoms with Gasteiger partial charge in [0.1, 0.15) is 5.75 Å². The Kier molecular flexibility index (Phi) is 9.15. The van der Waals surface area contributed by atoms with Gasteiger partial charge in [0.25, 0.3) is 5.91 Å². The fourth-order valence-corrected chi connectivity index (χ4v) is 3.73. The second-order valence-corrected chi connectivity index (χ2v) is 8.39. The number of amides is 1.